The topological polar surface area (TPSA) is 24.7 Å². The fraction of sp³-hybridized carbons (Fsp3) is 0.238. The lowest BCUT2D eigenvalue weighted by Crippen LogP contribution is -1.91. The van der Waals surface area contributed by atoms with Crippen molar-refractivity contribution in [2.45, 2.75) is 32.6 Å². The molecule has 0 fully saturated rings. The Labute approximate surface area is 143 Å². The summed E-state index contributed by atoms with van der Waals surface area (Å²) in [6.07, 6.45) is 8.97. The zero-order chi connectivity index (χ0) is 17.2. The summed E-state index contributed by atoms with van der Waals surface area (Å²) in [5.74, 6) is -0.245. The molecule has 0 saturated heterocycles. The number of aryl methyl sites for hydroxylation is 1. The molecule has 0 unspecified atom stereocenters. The molecule has 0 N–H and O–H groups in total. The van der Waals surface area contributed by atoms with Crippen LogP contribution in [0.1, 0.15) is 42.0 Å². The van der Waals surface area contributed by atoms with E-state index in [9.17, 15) is 4.39 Å². The van der Waals surface area contributed by atoms with Gasteiger partial charge in [0.2, 0.25) is 0 Å². The average molecular weight is 322 g/mol. The Balaban J connectivity index is 1.94. The smallest absolute Gasteiger partial charge is 0.127 e. The molecule has 0 bridgehead atoms. The Morgan fingerprint density at radius 2 is 1.67 bits per heavy atom. The molecule has 0 saturated carbocycles. The lowest BCUT2D eigenvalue weighted by molar-refractivity contribution is 0.614. The van der Waals surface area contributed by atoms with Gasteiger partial charge in [-0.05, 0) is 47.6 Å². The van der Waals surface area contributed by atoms with E-state index >= 15 is 0 Å². The predicted octanol–water partition coefficient (Wildman–Crippen LogP) is 5.35. The minimum atomic E-state index is -0.245. The third kappa shape index (κ3) is 5.58. The highest BCUT2D eigenvalue weighted by atomic mass is 19.1. The number of allylic oxidation sites excluding steroid dienone is 1. The van der Waals surface area contributed by atoms with Crippen LogP contribution in [0, 0.1) is 5.82 Å². The molecule has 2 aromatic rings. The SMILES string of the molecule is C=CCc1ccc(C=NN=Cc2ccc(CCCC)cc2)cc1F. The van der Waals surface area contributed by atoms with Gasteiger partial charge in [-0.25, -0.2) is 4.39 Å². The van der Waals surface area contributed by atoms with Gasteiger partial charge in [0.1, 0.15) is 5.82 Å². The number of benzene rings is 2. The summed E-state index contributed by atoms with van der Waals surface area (Å²) >= 11 is 0. The van der Waals surface area contributed by atoms with E-state index in [4.69, 9.17) is 0 Å². The van der Waals surface area contributed by atoms with Gasteiger partial charge >= 0.3 is 0 Å². The highest BCUT2D eigenvalue weighted by Crippen LogP contribution is 2.10. The molecule has 0 amide bonds. The van der Waals surface area contributed by atoms with Gasteiger partial charge in [0, 0.05) is 0 Å². The van der Waals surface area contributed by atoms with Crippen LogP contribution >= 0.6 is 0 Å². The molecule has 0 aliphatic rings. The van der Waals surface area contributed by atoms with Gasteiger partial charge in [0.05, 0.1) is 12.4 Å². The first-order valence-electron chi connectivity index (χ1n) is 8.27. The average Bonchev–Trinajstić information content (AvgIpc) is 2.60. The standard InChI is InChI=1S/C21H23FN2/c1-3-5-7-17-8-10-18(11-9-17)15-23-24-16-19-12-13-20(6-4-2)21(22)14-19/h4,8-16H,2-3,5-7H2,1H3. The second-order valence-electron chi connectivity index (χ2n) is 5.68. The maximum atomic E-state index is 13.8. The Morgan fingerprint density at radius 1 is 1.00 bits per heavy atom. The number of nitrogens with zero attached hydrogens (tertiary/aromatic N) is 2. The molecule has 24 heavy (non-hydrogen) atoms. The summed E-state index contributed by atoms with van der Waals surface area (Å²) in [7, 11) is 0. The van der Waals surface area contributed by atoms with Crippen molar-refractivity contribution in [1.82, 2.24) is 0 Å². The molecule has 0 radical (unpaired) electrons. The molecule has 0 atom stereocenters. The Bertz CT molecular complexity index is 715. The number of hydrogen-bond donors (Lipinski definition) is 0. The Morgan fingerprint density at radius 3 is 2.29 bits per heavy atom. The maximum Gasteiger partial charge on any atom is 0.127 e. The highest BCUT2D eigenvalue weighted by Gasteiger charge is 2.00. The van der Waals surface area contributed by atoms with Crippen molar-refractivity contribution >= 4 is 12.4 Å². The molecule has 0 aromatic heterocycles. The minimum absolute atomic E-state index is 0.245. The maximum absolute atomic E-state index is 13.8. The molecule has 2 aromatic carbocycles. The highest BCUT2D eigenvalue weighted by molar-refractivity contribution is 5.82. The fourth-order valence-electron chi connectivity index (χ4n) is 2.32. The first-order valence-corrected chi connectivity index (χ1v) is 8.27. The molecular weight excluding hydrogens is 299 g/mol. The lowest BCUT2D eigenvalue weighted by Gasteiger charge is -2.00. The molecular formula is C21H23FN2. The Hall–Kier alpha value is -2.55. The van der Waals surface area contributed by atoms with E-state index in [0.29, 0.717) is 17.5 Å². The molecule has 0 aliphatic carbocycles. The van der Waals surface area contributed by atoms with E-state index < -0.39 is 0 Å². The molecule has 124 valence electrons. The zero-order valence-corrected chi connectivity index (χ0v) is 14.1. The lowest BCUT2D eigenvalue weighted by atomic mass is 10.1. The number of halogens is 1. The van der Waals surface area contributed by atoms with Crippen molar-refractivity contribution in [3.8, 4) is 0 Å². The van der Waals surface area contributed by atoms with Crippen LogP contribution in [0.3, 0.4) is 0 Å². The molecule has 0 aliphatic heterocycles. The summed E-state index contributed by atoms with van der Waals surface area (Å²) in [6, 6.07) is 13.3. The zero-order valence-electron chi connectivity index (χ0n) is 14.1. The van der Waals surface area contributed by atoms with Crippen LogP contribution in [0.25, 0.3) is 0 Å². The van der Waals surface area contributed by atoms with Crippen LogP contribution in [-0.4, -0.2) is 12.4 Å². The number of hydrogen-bond acceptors (Lipinski definition) is 2. The van der Waals surface area contributed by atoms with Gasteiger partial charge in [0.15, 0.2) is 0 Å². The second-order valence-corrected chi connectivity index (χ2v) is 5.68. The predicted molar refractivity (Wildman–Crippen MR) is 101 cm³/mol. The van der Waals surface area contributed by atoms with Crippen LogP contribution in [0.5, 0.6) is 0 Å². The van der Waals surface area contributed by atoms with Crippen molar-refractivity contribution in [3.05, 3.63) is 83.2 Å². The third-order valence-electron chi connectivity index (χ3n) is 3.72. The van der Waals surface area contributed by atoms with E-state index in [0.717, 1.165) is 12.0 Å². The van der Waals surface area contributed by atoms with Crippen molar-refractivity contribution in [2.24, 2.45) is 10.2 Å². The summed E-state index contributed by atoms with van der Waals surface area (Å²) in [5.41, 5.74) is 3.66. The van der Waals surface area contributed by atoms with E-state index in [-0.39, 0.29) is 5.82 Å². The van der Waals surface area contributed by atoms with Gasteiger partial charge in [-0.2, -0.15) is 10.2 Å². The van der Waals surface area contributed by atoms with Crippen molar-refractivity contribution in [2.75, 3.05) is 0 Å². The monoisotopic (exact) mass is 322 g/mol. The second kappa shape index (κ2) is 9.56. The minimum Gasteiger partial charge on any atom is -0.207 e. The van der Waals surface area contributed by atoms with Crippen LogP contribution in [0.15, 0.2) is 65.3 Å². The summed E-state index contributed by atoms with van der Waals surface area (Å²) < 4.78 is 13.8. The van der Waals surface area contributed by atoms with Crippen molar-refractivity contribution in [3.63, 3.8) is 0 Å². The van der Waals surface area contributed by atoms with Crippen molar-refractivity contribution < 1.29 is 4.39 Å². The van der Waals surface area contributed by atoms with E-state index in [1.165, 1.54) is 24.5 Å². The molecule has 3 heteroatoms. The van der Waals surface area contributed by atoms with E-state index in [2.05, 4.69) is 35.8 Å². The summed E-state index contributed by atoms with van der Waals surface area (Å²) in [5, 5.41) is 8.01. The van der Waals surface area contributed by atoms with Crippen LogP contribution < -0.4 is 0 Å². The Kier molecular flexibility index (Phi) is 7.09. The van der Waals surface area contributed by atoms with E-state index in [1.54, 1.807) is 24.6 Å². The molecule has 2 nitrogen and oxygen atoms in total. The largest absolute Gasteiger partial charge is 0.207 e. The van der Waals surface area contributed by atoms with Gasteiger partial charge < -0.3 is 0 Å². The van der Waals surface area contributed by atoms with Gasteiger partial charge in [0.25, 0.3) is 0 Å². The van der Waals surface area contributed by atoms with Crippen LogP contribution in [0.2, 0.25) is 0 Å². The first-order chi connectivity index (χ1) is 11.7. The summed E-state index contributed by atoms with van der Waals surface area (Å²) in [4.78, 5) is 0. The van der Waals surface area contributed by atoms with E-state index in [1.807, 2.05) is 18.2 Å². The normalized spacial score (nSPS) is 11.4. The third-order valence-corrected chi connectivity index (χ3v) is 3.72. The van der Waals surface area contributed by atoms with Gasteiger partial charge in [-0.1, -0.05) is 55.8 Å². The van der Waals surface area contributed by atoms with Crippen LogP contribution in [-0.2, 0) is 12.8 Å². The van der Waals surface area contributed by atoms with Gasteiger partial charge in [-0.3, -0.25) is 0 Å². The molecule has 0 heterocycles. The first kappa shape index (κ1) is 17.8. The van der Waals surface area contributed by atoms with Crippen LogP contribution in [0.4, 0.5) is 4.39 Å². The molecule has 0 spiro atoms. The summed E-state index contributed by atoms with van der Waals surface area (Å²) in [6.45, 7) is 5.81. The fourth-order valence-corrected chi connectivity index (χ4v) is 2.32. The number of unbranched alkanes of at least 4 members (excludes halogenated alkanes) is 1. The number of rotatable bonds is 8. The quantitative estimate of drug-likeness (QED) is 0.355. The molecule has 2 rings (SSSR count). The van der Waals surface area contributed by atoms with Crippen molar-refractivity contribution in [1.29, 1.82) is 0 Å². The van der Waals surface area contributed by atoms with Gasteiger partial charge in [-0.15, -0.1) is 6.58 Å².